The minimum absolute atomic E-state index is 0.0258. The average molecular weight is 302 g/mol. The number of rotatable bonds is 3. The summed E-state index contributed by atoms with van der Waals surface area (Å²) in [5.41, 5.74) is 0.201. The Morgan fingerprint density at radius 3 is 2.95 bits per heavy atom. The number of carbonyl (C=O) groups is 2. The van der Waals surface area contributed by atoms with Crippen LogP contribution < -0.4 is 0 Å². The molecule has 0 N–H and O–H groups in total. The molecule has 3 heterocycles. The maximum atomic E-state index is 12.7. The molecule has 22 heavy (non-hydrogen) atoms. The average Bonchev–Trinajstić information content (AvgIpc) is 3.07. The molecule has 2 fully saturated rings. The van der Waals surface area contributed by atoms with Crippen LogP contribution in [0.3, 0.4) is 0 Å². The van der Waals surface area contributed by atoms with Crippen molar-refractivity contribution in [1.29, 1.82) is 0 Å². The minimum atomic E-state index is -0.390. The van der Waals surface area contributed by atoms with Gasteiger partial charge in [-0.3, -0.25) is 14.3 Å². The molecule has 2 aliphatic heterocycles. The first-order chi connectivity index (χ1) is 10.6. The van der Waals surface area contributed by atoms with Gasteiger partial charge in [0.25, 0.3) is 5.91 Å². The van der Waals surface area contributed by atoms with E-state index in [1.54, 1.807) is 30.2 Å². The molecule has 6 heteroatoms. The second-order valence-electron chi connectivity index (χ2n) is 6.30. The van der Waals surface area contributed by atoms with E-state index in [2.05, 4.69) is 11.7 Å². The first-order valence-corrected chi connectivity index (χ1v) is 7.74. The lowest BCUT2D eigenvalue weighted by Gasteiger charge is -2.38. The third-order valence-electron chi connectivity index (χ3n) is 4.77. The summed E-state index contributed by atoms with van der Waals surface area (Å²) in [6, 6.07) is 0. The summed E-state index contributed by atoms with van der Waals surface area (Å²) in [6.45, 7) is 6.30. The Hall–Kier alpha value is -2.11. The first-order valence-electron chi connectivity index (χ1n) is 7.74. The Morgan fingerprint density at radius 1 is 1.45 bits per heavy atom. The van der Waals surface area contributed by atoms with E-state index in [4.69, 9.17) is 0 Å². The van der Waals surface area contributed by atoms with Gasteiger partial charge in [0.2, 0.25) is 5.91 Å². The van der Waals surface area contributed by atoms with E-state index < -0.39 is 0 Å². The highest BCUT2D eigenvalue weighted by Crippen LogP contribution is 2.40. The summed E-state index contributed by atoms with van der Waals surface area (Å²) < 4.78 is 1.62. The van der Waals surface area contributed by atoms with Crippen LogP contribution >= 0.6 is 0 Å². The number of aryl methyl sites for hydroxylation is 1. The van der Waals surface area contributed by atoms with Gasteiger partial charge >= 0.3 is 0 Å². The van der Waals surface area contributed by atoms with Crippen molar-refractivity contribution in [2.45, 2.75) is 19.3 Å². The predicted molar refractivity (Wildman–Crippen MR) is 82.2 cm³/mol. The Balaban J connectivity index is 1.76. The van der Waals surface area contributed by atoms with Gasteiger partial charge in [-0.2, -0.15) is 5.10 Å². The molecule has 0 bridgehead atoms. The van der Waals surface area contributed by atoms with Gasteiger partial charge in [-0.1, -0.05) is 6.08 Å². The molecule has 1 aromatic heterocycles. The monoisotopic (exact) mass is 302 g/mol. The molecule has 0 aromatic carbocycles. The van der Waals surface area contributed by atoms with Gasteiger partial charge in [0.15, 0.2) is 0 Å². The molecule has 2 aliphatic rings. The van der Waals surface area contributed by atoms with Crippen molar-refractivity contribution in [3.05, 3.63) is 30.6 Å². The van der Waals surface area contributed by atoms with Crippen LogP contribution in [0.4, 0.5) is 0 Å². The molecule has 1 aromatic rings. The fraction of sp³-hybridized carbons (Fsp3) is 0.562. The van der Waals surface area contributed by atoms with Crippen LogP contribution in [0.15, 0.2) is 25.0 Å². The van der Waals surface area contributed by atoms with E-state index in [1.807, 2.05) is 9.80 Å². The topological polar surface area (TPSA) is 58.4 Å². The number of hydrogen-bond acceptors (Lipinski definition) is 3. The second-order valence-corrected chi connectivity index (χ2v) is 6.30. The van der Waals surface area contributed by atoms with Gasteiger partial charge in [-0.25, -0.2) is 0 Å². The molecular formula is C16H22N4O2. The van der Waals surface area contributed by atoms with Crippen molar-refractivity contribution in [3.8, 4) is 0 Å². The molecule has 0 saturated carbocycles. The van der Waals surface area contributed by atoms with Gasteiger partial charge in [0, 0.05) is 39.4 Å². The summed E-state index contributed by atoms with van der Waals surface area (Å²) in [5, 5.41) is 4.06. The molecule has 3 rings (SSSR count). The lowest BCUT2D eigenvalue weighted by Crippen LogP contribution is -2.49. The molecular weight excluding hydrogens is 280 g/mol. The van der Waals surface area contributed by atoms with E-state index in [0.717, 1.165) is 25.8 Å². The lowest BCUT2D eigenvalue weighted by molar-refractivity contribution is -0.137. The lowest BCUT2D eigenvalue weighted by atomic mass is 9.78. The van der Waals surface area contributed by atoms with Gasteiger partial charge in [0.05, 0.1) is 17.2 Å². The van der Waals surface area contributed by atoms with Crippen molar-refractivity contribution < 1.29 is 9.59 Å². The third-order valence-corrected chi connectivity index (χ3v) is 4.77. The smallest absolute Gasteiger partial charge is 0.257 e. The molecule has 1 spiro atoms. The fourth-order valence-corrected chi connectivity index (χ4v) is 3.62. The fourth-order valence-electron chi connectivity index (χ4n) is 3.62. The number of carbonyl (C=O) groups excluding carboxylic acids is 2. The van der Waals surface area contributed by atoms with Gasteiger partial charge in [-0.15, -0.1) is 6.58 Å². The Bertz CT molecular complexity index is 609. The molecule has 2 amide bonds. The Labute approximate surface area is 130 Å². The number of amides is 2. The van der Waals surface area contributed by atoms with Crippen molar-refractivity contribution in [3.63, 3.8) is 0 Å². The van der Waals surface area contributed by atoms with Crippen molar-refractivity contribution >= 4 is 11.8 Å². The highest BCUT2D eigenvalue weighted by Gasteiger charge is 2.49. The van der Waals surface area contributed by atoms with Gasteiger partial charge in [-0.05, 0) is 19.3 Å². The number of piperidine rings is 1. The number of nitrogens with zero attached hydrogens (tertiary/aromatic N) is 4. The van der Waals surface area contributed by atoms with Crippen LogP contribution in [0.1, 0.15) is 29.6 Å². The molecule has 6 nitrogen and oxygen atoms in total. The molecule has 1 unspecified atom stereocenters. The van der Waals surface area contributed by atoms with Crippen molar-refractivity contribution in [2.75, 3.05) is 26.2 Å². The maximum absolute atomic E-state index is 12.7. The number of aromatic nitrogens is 2. The van der Waals surface area contributed by atoms with E-state index in [9.17, 15) is 9.59 Å². The summed E-state index contributed by atoms with van der Waals surface area (Å²) >= 11 is 0. The molecule has 118 valence electrons. The first kappa shape index (κ1) is 14.8. The molecule has 0 aliphatic carbocycles. The van der Waals surface area contributed by atoms with Crippen LogP contribution in [0.2, 0.25) is 0 Å². The third kappa shape index (κ3) is 2.42. The zero-order chi connectivity index (χ0) is 15.7. The molecule has 2 saturated heterocycles. The zero-order valence-corrected chi connectivity index (χ0v) is 13.0. The minimum Gasteiger partial charge on any atom is -0.338 e. The Morgan fingerprint density at radius 2 is 2.27 bits per heavy atom. The number of likely N-dealkylation sites (tertiary alicyclic amines) is 2. The second kappa shape index (κ2) is 5.59. The number of hydrogen-bond donors (Lipinski definition) is 0. The van der Waals surface area contributed by atoms with E-state index in [-0.39, 0.29) is 17.2 Å². The van der Waals surface area contributed by atoms with Crippen LogP contribution in [-0.2, 0) is 11.8 Å². The highest BCUT2D eigenvalue weighted by molar-refractivity contribution is 5.94. The Kier molecular flexibility index (Phi) is 3.76. The van der Waals surface area contributed by atoms with Crippen LogP contribution in [-0.4, -0.2) is 57.6 Å². The molecule has 1 atom stereocenters. The van der Waals surface area contributed by atoms with Crippen LogP contribution in [0.25, 0.3) is 0 Å². The van der Waals surface area contributed by atoms with E-state index >= 15 is 0 Å². The summed E-state index contributed by atoms with van der Waals surface area (Å²) in [7, 11) is 1.79. The standard InChI is InChI=1S/C16H22N4O2/c1-3-7-19-9-6-16(15(19)22)5-4-8-20(12-16)14(21)13-10-17-18(2)11-13/h3,10-11H,1,4-9,12H2,2H3. The normalized spacial score (nSPS) is 25.0. The van der Waals surface area contributed by atoms with Crippen LogP contribution in [0, 0.1) is 5.41 Å². The SMILES string of the molecule is C=CCN1CCC2(CCCN(C(=O)c3cnn(C)c3)C2)C1=O. The van der Waals surface area contributed by atoms with Crippen molar-refractivity contribution in [2.24, 2.45) is 12.5 Å². The quantitative estimate of drug-likeness (QED) is 0.785. The summed E-state index contributed by atoms with van der Waals surface area (Å²) in [4.78, 5) is 29.0. The largest absolute Gasteiger partial charge is 0.338 e. The molecule has 0 radical (unpaired) electrons. The summed E-state index contributed by atoms with van der Waals surface area (Å²) in [5.74, 6) is 0.151. The van der Waals surface area contributed by atoms with Crippen LogP contribution in [0.5, 0.6) is 0 Å². The van der Waals surface area contributed by atoms with Crippen molar-refractivity contribution in [1.82, 2.24) is 19.6 Å². The van der Waals surface area contributed by atoms with Gasteiger partial charge < -0.3 is 9.80 Å². The maximum Gasteiger partial charge on any atom is 0.257 e. The predicted octanol–water partition coefficient (Wildman–Crippen LogP) is 1.06. The van der Waals surface area contributed by atoms with E-state index in [0.29, 0.717) is 25.2 Å². The zero-order valence-electron chi connectivity index (χ0n) is 13.0. The highest BCUT2D eigenvalue weighted by atomic mass is 16.2. The van der Waals surface area contributed by atoms with Gasteiger partial charge in [0.1, 0.15) is 0 Å². The van der Waals surface area contributed by atoms with E-state index in [1.165, 1.54) is 0 Å². The summed E-state index contributed by atoms with van der Waals surface area (Å²) in [6.07, 6.45) is 7.65.